The Labute approximate surface area is 228 Å². The van der Waals surface area contributed by atoms with E-state index in [9.17, 15) is 4.79 Å². The Bertz CT molecular complexity index is 1590. The number of hydrogen-bond acceptors (Lipinski definition) is 5. The second kappa shape index (κ2) is 11.0. The van der Waals surface area contributed by atoms with Gasteiger partial charge in [-0.25, -0.2) is 9.78 Å². The van der Waals surface area contributed by atoms with E-state index in [1.807, 2.05) is 84.3 Å². The molecule has 1 atom stereocenters. The van der Waals surface area contributed by atoms with E-state index in [4.69, 9.17) is 4.98 Å². The molecule has 194 valence electrons. The van der Waals surface area contributed by atoms with E-state index in [1.54, 1.807) is 6.20 Å². The van der Waals surface area contributed by atoms with Gasteiger partial charge in [-0.15, -0.1) is 0 Å². The largest absolute Gasteiger partial charge is 0.366 e. The van der Waals surface area contributed by atoms with Crippen molar-refractivity contribution in [3.05, 3.63) is 103 Å². The third-order valence-electron chi connectivity index (χ3n) is 7.24. The Morgan fingerprint density at radius 3 is 2.72 bits per heavy atom. The lowest BCUT2D eigenvalue weighted by Gasteiger charge is -2.33. The van der Waals surface area contributed by atoms with Gasteiger partial charge in [-0.05, 0) is 41.6 Å². The molecule has 1 unspecified atom stereocenters. The number of anilines is 2. The van der Waals surface area contributed by atoms with Gasteiger partial charge in [0.05, 0.1) is 11.4 Å². The van der Waals surface area contributed by atoms with Crippen molar-refractivity contribution in [2.45, 2.75) is 25.3 Å². The predicted molar refractivity (Wildman–Crippen MR) is 157 cm³/mol. The number of nitrogens with zero attached hydrogens (tertiary/aromatic N) is 5. The van der Waals surface area contributed by atoms with Gasteiger partial charge in [-0.3, -0.25) is 4.98 Å². The highest BCUT2D eigenvalue weighted by Gasteiger charge is 2.27. The normalized spacial score (nSPS) is 15.3. The lowest BCUT2D eigenvalue weighted by molar-refractivity contribution is 0.192. The number of hydrogen-bond donors (Lipinski definition) is 2. The number of carbonyl (C=O) groups excluding carboxylic acids is 1. The van der Waals surface area contributed by atoms with Crippen LogP contribution in [0.5, 0.6) is 0 Å². The molecule has 8 nitrogen and oxygen atoms in total. The summed E-state index contributed by atoms with van der Waals surface area (Å²) in [5.74, 6) is 1.01. The number of likely N-dealkylation sites (tertiary alicyclic amines) is 1. The van der Waals surface area contributed by atoms with Crippen molar-refractivity contribution < 1.29 is 4.79 Å². The Balaban J connectivity index is 1.22. The summed E-state index contributed by atoms with van der Waals surface area (Å²) in [6.45, 7) is 1.96. The molecule has 2 amide bonds. The monoisotopic (exact) mass is 515 g/mol. The van der Waals surface area contributed by atoms with E-state index in [0.29, 0.717) is 13.1 Å². The van der Waals surface area contributed by atoms with Crippen molar-refractivity contribution >= 4 is 36.5 Å². The van der Waals surface area contributed by atoms with Crippen LogP contribution in [0.4, 0.5) is 16.3 Å². The zero-order valence-electron chi connectivity index (χ0n) is 21.9. The minimum Gasteiger partial charge on any atom is -0.366 e. The Hall–Kier alpha value is -4.66. The van der Waals surface area contributed by atoms with Crippen LogP contribution in [-0.2, 0) is 6.54 Å². The van der Waals surface area contributed by atoms with Crippen LogP contribution in [0.1, 0.15) is 30.0 Å². The standard InChI is InChI=1S/C30H30BN7O/c31-25-19-34-38-28(33-18-21-8-6-14-32-17-21)16-27(35-29(25)38)23-11-7-15-37(20-23)30(39)36-26-13-5-4-12-24(26)22-9-2-1-3-10-22/h1-6,8-10,12-14,16-17,19,23,33H,7,11,15,18,20,31H2,(H,36,39). The maximum absolute atomic E-state index is 13.4. The molecule has 2 aromatic carbocycles. The second-order valence-corrected chi connectivity index (χ2v) is 9.97. The first-order valence-corrected chi connectivity index (χ1v) is 13.3. The quantitative estimate of drug-likeness (QED) is 0.333. The zero-order valence-corrected chi connectivity index (χ0v) is 21.9. The highest BCUT2D eigenvalue weighted by molar-refractivity contribution is 6.36. The first kappa shape index (κ1) is 24.7. The smallest absolute Gasteiger partial charge is 0.321 e. The van der Waals surface area contributed by atoms with Crippen LogP contribution in [-0.4, -0.2) is 51.4 Å². The fourth-order valence-electron chi connectivity index (χ4n) is 5.18. The fourth-order valence-corrected chi connectivity index (χ4v) is 5.18. The summed E-state index contributed by atoms with van der Waals surface area (Å²) in [6, 6.07) is 24.0. The number of amides is 2. The molecule has 1 saturated heterocycles. The molecule has 0 bridgehead atoms. The lowest BCUT2D eigenvalue weighted by Crippen LogP contribution is -2.42. The van der Waals surface area contributed by atoms with Crippen molar-refractivity contribution in [3.63, 3.8) is 0 Å². The van der Waals surface area contributed by atoms with Gasteiger partial charge in [0.1, 0.15) is 13.7 Å². The molecule has 4 heterocycles. The SMILES string of the molecule is Bc1cnn2c(NCc3cccnc3)cc(C3CCCN(C(=O)Nc4ccccc4-c4ccccc4)C3)nc12. The molecule has 1 fully saturated rings. The van der Waals surface area contributed by atoms with Gasteiger partial charge in [-0.1, -0.05) is 54.6 Å². The number of nitrogens with one attached hydrogen (secondary N) is 2. The summed E-state index contributed by atoms with van der Waals surface area (Å²) >= 11 is 0. The number of fused-ring (bicyclic) bond motifs is 1. The minimum absolute atomic E-state index is 0.0837. The van der Waals surface area contributed by atoms with Crippen LogP contribution in [0.2, 0.25) is 0 Å². The molecule has 6 rings (SSSR count). The lowest BCUT2D eigenvalue weighted by atomic mass is 9.94. The summed E-state index contributed by atoms with van der Waals surface area (Å²) < 4.78 is 1.85. The van der Waals surface area contributed by atoms with E-state index in [0.717, 1.165) is 64.4 Å². The van der Waals surface area contributed by atoms with E-state index < -0.39 is 0 Å². The van der Waals surface area contributed by atoms with Crippen LogP contribution in [0.25, 0.3) is 16.8 Å². The first-order valence-electron chi connectivity index (χ1n) is 13.3. The highest BCUT2D eigenvalue weighted by Crippen LogP contribution is 2.30. The van der Waals surface area contributed by atoms with Crippen LogP contribution in [0.15, 0.2) is 91.4 Å². The van der Waals surface area contributed by atoms with Crippen LogP contribution >= 0.6 is 0 Å². The van der Waals surface area contributed by atoms with Gasteiger partial charge in [0, 0.05) is 55.8 Å². The molecule has 9 heteroatoms. The second-order valence-electron chi connectivity index (χ2n) is 9.97. The molecule has 39 heavy (non-hydrogen) atoms. The average Bonchev–Trinajstić information content (AvgIpc) is 3.37. The van der Waals surface area contributed by atoms with Crippen LogP contribution in [0, 0.1) is 0 Å². The maximum atomic E-state index is 13.4. The molecule has 0 aliphatic carbocycles. The van der Waals surface area contributed by atoms with Crippen molar-refractivity contribution in [2.75, 3.05) is 23.7 Å². The summed E-state index contributed by atoms with van der Waals surface area (Å²) in [5, 5.41) is 11.2. The van der Waals surface area contributed by atoms with Gasteiger partial charge in [0.2, 0.25) is 0 Å². The predicted octanol–water partition coefficient (Wildman–Crippen LogP) is 4.07. The molecule has 1 aliphatic heterocycles. The summed E-state index contributed by atoms with van der Waals surface area (Å²) in [6.07, 6.45) is 7.36. The van der Waals surface area contributed by atoms with Gasteiger partial charge in [-0.2, -0.15) is 9.61 Å². The number of pyridine rings is 1. The molecular weight excluding hydrogens is 485 g/mol. The number of aromatic nitrogens is 4. The average molecular weight is 515 g/mol. The topological polar surface area (TPSA) is 87.5 Å². The maximum Gasteiger partial charge on any atom is 0.321 e. The van der Waals surface area contributed by atoms with Crippen molar-refractivity contribution in [2.24, 2.45) is 0 Å². The molecule has 5 aromatic rings. The number of piperidine rings is 1. The van der Waals surface area contributed by atoms with E-state index >= 15 is 0 Å². The number of carbonyl (C=O) groups is 1. The third-order valence-corrected chi connectivity index (χ3v) is 7.24. The Morgan fingerprint density at radius 2 is 1.87 bits per heavy atom. The molecular formula is C30H30BN7O. The van der Waals surface area contributed by atoms with Crippen LogP contribution < -0.4 is 16.1 Å². The summed E-state index contributed by atoms with van der Waals surface area (Å²) in [4.78, 5) is 24.6. The summed E-state index contributed by atoms with van der Waals surface area (Å²) in [5.41, 5.74) is 6.81. The Kier molecular flexibility index (Phi) is 6.95. The summed E-state index contributed by atoms with van der Waals surface area (Å²) in [7, 11) is 2.02. The fraction of sp³-hybridized carbons (Fsp3) is 0.200. The van der Waals surface area contributed by atoms with Crippen molar-refractivity contribution in [1.82, 2.24) is 24.5 Å². The van der Waals surface area contributed by atoms with Gasteiger partial charge in [0.15, 0.2) is 5.65 Å². The third kappa shape index (κ3) is 5.34. The number of rotatable bonds is 6. The molecule has 0 spiro atoms. The first-order chi connectivity index (χ1) is 19.2. The highest BCUT2D eigenvalue weighted by atomic mass is 16.2. The number of benzene rings is 2. The number of para-hydroxylation sites is 1. The van der Waals surface area contributed by atoms with Gasteiger partial charge < -0.3 is 15.5 Å². The van der Waals surface area contributed by atoms with E-state index in [2.05, 4.69) is 38.9 Å². The molecule has 2 N–H and O–H groups in total. The van der Waals surface area contributed by atoms with Crippen molar-refractivity contribution in [1.29, 1.82) is 0 Å². The van der Waals surface area contributed by atoms with E-state index in [1.165, 1.54) is 0 Å². The molecule has 1 aliphatic rings. The number of urea groups is 1. The Morgan fingerprint density at radius 1 is 1.03 bits per heavy atom. The molecule has 0 saturated carbocycles. The zero-order chi connectivity index (χ0) is 26.6. The van der Waals surface area contributed by atoms with E-state index in [-0.39, 0.29) is 11.9 Å². The van der Waals surface area contributed by atoms with Crippen LogP contribution in [0.3, 0.4) is 0 Å². The molecule has 3 aromatic heterocycles. The van der Waals surface area contributed by atoms with Gasteiger partial charge >= 0.3 is 6.03 Å². The van der Waals surface area contributed by atoms with Gasteiger partial charge in [0.25, 0.3) is 0 Å². The van der Waals surface area contributed by atoms with Crippen molar-refractivity contribution in [3.8, 4) is 11.1 Å². The minimum atomic E-state index is -0.0837. The molecule has 0 radical (unpaired) electrons.